The van der Waals surface area contributed by atoms with E-state index in [1.807, 2.05) is 6.07 Å². The Hall–Kier alpha value is -2.52. The lowest BCUT2D eigenvalue weighted by atomic mass is 10.2. The molecule has 2 rings (SSSR count). The summed E-state index contributed by atoms with van der Waals surface area (Å²) in [6, 6.07) is 6.03. The van der Waals surface area contributed by atoms with Crippen LogP contribution in [0.15, 0.2) is 24.4 Å². The highest BCUT2D eigenvalue weighted by Crippen LogP contribution is 2.25. The van der Waals surface area contributed by atoms with Crippen molar-refractivity contribution in [3.05, 3.63) is 40.5 Å². The molecule has 0 saturated carbocycles. The van der Waals surface area contributed by atoms with Gasteiger partial charge in [0.05, 0.1) is 22.5 Å². The first-order valence-electron chi connectivity index (χ1n) is 4.81. The van der Waals surface area contributed by atoms with Crippen LogP contribution >= 0.6 is 11.6 Å². The van der Waals surface area contributed by atoms with Crippen molar-refractivity contribution in [3.8, 4) is 11.8 Å². The summed E-state index contributed by atoms with van der Waals surface area (Å²) in [5.74, 6) is -0.971. The minimum Gasteiger partial charge on any atom is -0.478 e. The van der Waals surface area contributed by atoms with Crippen molar-refractivity contribution in [2.45, 2.75) is 0 Å². The van der Waals surface area contributed by atoms with E-state index in [2.05, 4.69) is 5.10 Å². The lowest BCUT2D eigenvalue weighted by molar-refractivity contribution is 0.0697. The van der Waals surface area contributed by atoms with Gasteiger partial charge in [-0.25, -0.2) is 9.48 Å². The molecule has 0 radical (unpaired) electrons. The van der Waals surface area contributed by atoms with Gasteiger partial charge in [-0.05, 0) is 18.2 Å². The standard InChI is InChI=1S/C11H7ClN4O2/c12-8-2-1-6(11(17)18)3-9(8)16-10(14)7(4-13)5-15-16/h1-3,5H,14H2,(H,17,18). The number of aromatic nitrogens is 2. The van der Waals surface area contributed by atoms with Crippen molar-refractivity contribution in [1.29, 1.82) is 5.26 Å². The van der Waals surface area contributed by atoms with Gasteiger partial charge in [-0.3, -0.25) is 0 Å². The third-order valence-electron chi connectivity index (χ3n) is 2.35. The van der Waals surface area contributed by atoms with Gasteiger partial charge in [0, 0.05) is 0 Å². The highest BCUT2D eigenvalue weighted by molar-refractivity contribution is 6.32. The molecule has 0 amide bonds. The quantitative estimate of drug-likeness (QED) is 0.856. The number of hydrogen-bond donors (Lipinski definition) is 2. The highest BCUT2D eigenvalue weighted by Gasteiger charge is 2.13. The molecule has 0 fully saturated rings. The minimum absolute atomic E-state index is 0.0582. The van der Waals surface area contributed by atoms with Gasteiger partial charge >= 0.3 is 5.97 Å². The number of nitrogens with zero attached hydrogens (tertiary/aromatic N) is 3. The van der Waals surface area contributed by atoms with Gasteiger partial charge in [0.25, 0.3) is 0 Å². The van der Waals surface area contributed by atoms with Crippen LogP contribution in [-0.2, 0) is 0 Å². The molecule has 1 aromatic carbocycles. The fourth-order valence-corrected chi connectivity index (χ4v) is 1.64. The summed E-state index contributed by atoms with van der Waals surface area (Å²) >= 11 is 5.97. The molecular formula is C11H7ClN4O2. The maximum absolute atomic E-state index is 10.9. The number of carboxylic acid groups (broad SMARTS) is 1. The topological polar surface area (TPSA) is 105 Å². The number of nitrogen functional groups attached to an aromatic ring is 1. The zero-order valence-corrected chi connectivity index (χ0v) is 9.72. The highest BCUT2D eigenvalue weighted by atomic mass is 35.5. The number of anilines is 1. The first-order chi connectivity index (χ1) is 8.54. The molecule has 0 unspecified atom stereocenters. The lowest BCUT2D eigenvalue weighted by Gasteiger charge is -2.07. The average Bonchev–Trinajstić information content (AvgIpc) is 2.70. The average molecular weight is 263 g/mol. The molecule has 2 aromatic rings. The Morgan fingerprint density at radius 1 is 1.56 bits per heavy atom. The third-order valence-corrected chi connectivity index (χ3v) is 2.67. The Morgan fingerprint density at radius 2 is 2.28 bits per heavy atom. The van der Waals surface area contributed by atoms with Crippen LogP contribution in [0.4, 0.5) is 5.82 Å². The molecule has 0 saturated heterocycles. The van der Waals surface area contributed by atoms with Crippen molar-refractivity contribution in [2.75, 3.05) is 5.73 Å². The Kier molecular flexibility index (Phi) is 2.92. The number of nitriles is 1. The van der Waals surface area contributed by atoms with Gasteiger partial charge in [-0.15, -0.1) is 0 Å². The first kappa shape index (κ1) is 12.0. The molecule has 18 heavy (non-hydrogen) atoms. The third kappa shape index (κ3) is 1.87. The summed E-state index contributed by atoms with van der Waals surface area (Å²) in [6.45, 7) is 0. The molecule has 90 valence electrons. The van der Waals surface area contributed by atoms with E-state index in [0.29, 0.717) is 10.7 Å². The molecule has 0 spiro atoms. The zero-order chi connectivity index (χ0) is 13.3. The van der Waals surface area contributed by atoms with E-state index < -0.39 is 5.97 Å². The fourth-order valence-electron chi connectivity index (χ4n) is 1.44. The molecule has 1 heterocycles. The predicted molar refractivity (Wildman–Crippen MR) is 64.7 cm³/mol. The van der Waals surface area contributed by atoms with Crippen LogP contribution in [-0.4, -0.2) is 20.9 Å². The number of hydrogen-bond acceptors (Lipinski definition) is 4. The van der Waals surface area contributed by atoms with Gasteiger partial charge in [0.1, 0.15) is 17.5 Å². The second-order valence-electron chi connectivity index (χ2n) is 3.44. The largest absolute Gasteiger partial charge is 0.478 e. The van der Waals surface area contributed by atoms with Crippen LogP contribution in [0.3, 0.4) is 0 Å². The van der Waals surface area contributed by atoms with Gasteiger partial charge in [-0.1, -0.05) is 11.6 Å². The van der Waals surface area contributed by atoms with Crippen LogP contribution in [0.2, 0.25) is 5.02 Å². The molecule has 3 N–H and O–H groups in total. The monoisotopic (exact) mass is 262 g/mol. The number of nitrogens with two attached hydrogens (primary N) is 1. The molecule has 0 bridgehead atoms. The van der Waals surface area contributed by atoms with E-state index in [0.717, 1.165) is 0 Å². The van der Waals surface area contributed by atoms with Gasteiger partial charge in [0.2, 0.25) is 0 Å². The van der Waals surface area contributed by atoms with E-state index in [1.165, 1.54) is 29.1 Å². The maximum atomic E-state index is 10.9. The van der Waals surface area contributed by atoms with Crippen molar-refractivity contribution in [1.82, 2.24) is 9.78 Å². The summed E-state index contributed by atoms with van der Waals surface area (Å²) in [4.78, 5) is 10.9. The minimum atomic E-state index is -1.08. The smallest absolute Gasteiger partial charge is 0.335 e. The van der Waals surface area contributed by atoms with Crippen molar-refractivity contribution in [3.63, 3.8) is 0 Å². The first-order valence-corrected chi connectivity index (χ1v) is 5.19. The molecule has 6 nitrogen and oxygen atoms in total. The Labute approximate surface area is 107 Å². The van der Waals surface area contributed by atoms with Gasteiger partial charge in [-0.2, -0.15) is 10.4 Å². The van der Waals surface area contributed by atoms with Crippen LogP contribution in [0.1, 0.15) is 15.9 Å². The lowest BCUT2D eigenvalue weighted by Crippen LogP contribution is -2.05. The number of halogens is 1. The zero-order valence-electron chi connectivity index (χ0n) is 8.96. The van der Waals surface area contributed by atoms with Crippen LogP contribution in [0.25, 0.3) is 5.69 Å². The van der Waals surface area contributed by atoms with Crippen molar-refractivity contribution in [2.24, 2.45) is 0 Å². The van der Waals surface area contributed by atoms with E-state index in [-0.39, 0.29) is 16.9 Å². The normalized spacial score (nSPS) is 10.0. The number of rotatable bonds is 2. The molecule has 1 aromatic heterocycles. The van der Waals surface area contributed by atoms with Crippen LogP contribution < -0.4 is 5.73 Å². The summed E-state index contributed by atoms with van der Waals surface area (Å²) in [5, 5.41) is 21.9. The molecular weight excluding hydrogens is 256 g/mol. The summed E-state index contributed by atoms with van der Waals surface area (Å²) in [5.41, 5.74) is 6.29. The second kappa shape index (κ2) is 4.39. The predicted octanol–water partition coefficient (Wildman–Crippen LogP) is 1.68. The van der Waals surface area contributed by atoms with E-state index >= 15 is 0 Å². The van der Waals surface area contributed by atoms with E-state index in [9.17, 15) is 4.79 Å². The SMILES string of the molecule is N#Cc1cnn(-c2cc(C(=O)O)ccc2Cl)c1N. The van der Waals surface area contributed by atoms with Gasteiger partial charge in [0.15, 0.2) is 0 Å². The number of carbonyl (C=O) groups is 1. The molecule has 7 heteroatoms. The fraction of sp³-hybridized carbons (Fsp3) is 0. The Bertz CT molecular complexity index is 672. The summed E-state index contributed by atoms with van der Waals surface area (Å²) in [7, 11) is 0. The van der Waals surface area contributed by atoms with Crippen LogP contribution in [0.5, 0.6) is 0 Å². The Balaban J connectivity index is 2.63. The van der Waals surface area contributed by atoms with Crippen molar-refractivity contribution >= 4 is 23.4 Å². The molecule has 0 aliphatic heterocycles. The molecule has 0 aliphatic rings. The maximum Gasteiger partial charge on any atom is 0.335 e. The van der Waals surface area contributed by atoms with E-state index in [4.69, 9.17) is 27.7 Å². The Morgan fingerprint density at radius 3 is 2.83 bits per heavy atom. The van der Waals surface area contributed by atoms with Gasteiger partial charge < -0.3 is 10.8 Å². The molecule has 0 atom stereocenters. The van der Waals surface area contributed by atoms with Crippen LogP contribution in [0, 0.1) is 11.3 Å². The number of aromatic carboxylic acids is 1. The number of benzene rings is 1. The van der Waals surface area contributed by atoms with Crippen molar-refractivity contribution < 1.29 is 9.90 Å². The number of carboxylic acids is 1. The second-order valence-corrected chi connectivity index (χ2v) is 3.85. The summed E-state index contributed by atoms with van der Waals surface area (Å²) < 4.78 is 1.23. The van der Waals surface area contributed by atoms with E-state index in [1.54, 1.807) is 0 Å². The molecule has 0 aliphatic carbocycles. The summed E-state index contributed by atoms with van der Waals surface area (Å²) in [6.07, 6.45) is 1.29.